The number of benzene rings is 2. The van der Waals surface area contributed by atoms with E-state index in [2.05, 4.69) is 61.3 Å². The van der Waals surface area contributed by atoms with Gasteiger partial charge in [-0.2, -0.15) is 0 Å². The van der Waals surface area contributed by atoms with E-state index in [9.17, 15) is 14.7 Å². The van der Waals surface area contributed by atoms with Gasteiger partial charge in [0.05, 0.1) is 51.7 Å². The Morgan fingerprint density at radius 3 is 1.75 bits per heavy atom. The average molecular weight is 889 g/mol. The Kier molecular flexibility index (Phi) is 13.8. The second-order valence-electron chi connectivity index (χ2n) is 17.8. The van der Waals surface area contributed by atoms with Gasteiger partial charge in [-0.3, -0.25) is 19.6 Å². The monoisotopic (exact) mass is 888 g/mol. The third kappa shape index (κ3) is 9.70. The number of allylic oxidation sites excluding steroid dienone is 2. The van der Waals surface area contributed by atoms with Gasteiger partial charge >= 0.3 is 0 Å². The molecule has 2 aromatic carbocycles. The van der Waals surface area contributed by atoms with Crippen LogP contribution in [0, 0.1) is 11.8 Å². The van der Waals surface area contributed by atoms with Crippen molar-refractivity contribution in [1.82, 2.24) is 20.6 Å². The molecule has 11 nitrogen and oxygen atoms in total. The second kappa shape index (κ2) is 19.1. The Balaban J connectivity index is 0.000000189. The number of para-hydroxylation sites is 2. The summed E-state index contributed by atoms with van der Waals surface area (Å²) in [5.41, 5.74) is 7.48. The molecule has 2 aliphatic heterocycles. The molecule has 2 aliphatic rings. The maximum absolute atomic E-state index is 13.5. The maximum atomic E-state index is 13.5. The molecule has 8 rings (SSSR count). The molecule has 332 valence electrons. The smallest absolute Gasteiger partial charge is 0.264 e. The molecular weight excluding hydrogens is 829 g/mol. The van der Waals surface area contributed by atoms with Crippen molar-refractivity contribution in [2.75, 3.05) is 51.2 Å². The predicted octanol–water partition coefficient (Wildman–Crippen LogP) is 10.5. The van der Waals surface area contributed by atoms with E-state index in [1.165, 1.54) is 28.2 Å². The largest absolute Gasteiger partial charge is 0.493 e. The standard InChI is InChI=1S/C25H31N3O3S.C25H29N3O2S/c1-15(2)14-25(3,30)17-10-12-26-20-21(28(4)5)23(32-22(17)20)24(29)27-18-11-13-31-19-9-7-6-8-16(18)19;1-15(2)14-16(3)17-10-12-26-21-22(28(4)5)24(31-23(17)21)25(29)27-19-11-13-30-20-9-7-6-8-18(19)20/h6-10,12,15,18,30H,11,13-14H2,1-5H3,(H,27,29);6-10,12,14-15,19H,11,13H2,1-5H3,(H,27,29)/b;16-14+/t18-,25?;19-/m00/s1. The predicted molar refractivity (Wildman–Crippen MR) is 259 cm³/mol. The highest BCUT2D eigenvalue weighted by atomic mass is 32.1. The number of amides is 2. The van der Waals surface area contributed by atoms with Crippen molar-refractivity contribution in [1.29, 1.82) is 0 Å². The van der Waals surface area contributed by atoms with Crippen molar-refractivity contribution in [3.05, 3.63) is 111 Å². The highest BCUT2D eigenvalue weighted by Gasteiger charge is 2.33. The van der Waals surface area contributed by atoms with E-state index in [1.54, 1.807) is 6.20 Å². The van der Waals surface area contributed by atoms with Crippen molar-refractivity contribution in [3.63, 3.8) is 0 Å². The van der Waals surface area contributed by atoms with Gasteiger partial charge in [-0.1, -0.05) is 70.2 Å². The zero-order valence-corrected chi connectivity index (χ0v) is 39.7. The molecule has 0 saturated carbocycles. The average Bonchev–Trinajstić information content (AvgIpc) is 3.84. The van der Waals surface area contributed by atoms with Crippen molar-refractivity contribution in [2.24, 2.45) is 11.8 Å². The molecule has 0 saturated heterocycles. The molecule has 0 fully saturated rings. The third-order valence-electron chi connectivity index (χ3n) is 11.3. The number of aromatic nitrogens is 2. The fraction of sp³-hybridized carbons (Fsp3) is 0.400. The van der Waals surface area contributed by atoms with Crippen LogP contribution in [0.5, 0.6) is 11.5 Å². The van der Waals surface area contributed by atoms with Crippen molar-refractivity contribution in [2.45, 2.75) is 78.5 Å². The van der Waals surface area contributed by atoms with E-state index in [-0.39, 0.29) is 23.9 Å². The van der Waals surface area contributed by atoms with E-state index in [0.29, 0.717) is 41.2 Å². The van der Waals surface area contributed by atoms with Crippen LogP contribution in [0.15, 0.2) is 79.1 Å². The lowest BCUT2D eigenvalue weighted by atomic mass is 9.87. The molecule has 1 unspecified atom stereocenters. The minimum atomic E-state index is -1.00. The lowest BCUT2D eigenvalue weighted by molar-refractivity contribution is 0.0364. The number of nitrogens with zero attached hydrogens (tertiary/aromatic N) is 4. The molecule has 6 heterocycles. The summed E-state index contributed by atoms with van der Waals surface area (Å²) in [6.07, 6.45) is 7.92. The lowest BCUT2D eigenvalue weighted by Gasteiger charge is -2.26. The zero-order valence-electron chi connectivity index (χ0n) is 38.0. The molecule has 2 amide bonds. The highest BCUT2D eigenvalue weighted by molar-refractivity contribution is 7.22. The molecule has 3 atom stereocenters. The van der Waals surface area contributed by atoms with Gasteiger partial charge < -0.3 is 35.0 Å². The molecule has 13 heteroatoms. The Morgan fingerprint density at radius 2 is 1.25 bits per heavy atom. The lowest BCUT2D eigenvalue weighted by Crippen LogP contribution is -2.32. The van der Waals surface area contributed by atoms with Crippen molar-refractivity contribution < 1.29 is 24.2 Å². The number of nitrogens with one attached hydrogen (secondary N) is 2. The molecule has 6 aromatic rings. The van der Waals surface area contributed by atoms with Gasteiger partial charge in [0.15, 0.2) is 0 Å². The number of ether oxygens (including phenoxy) is 2. The van der Waals surface area contributed by atoms with Gasteiger partial charge in [-0.05, 0) is 67.5 Å². The van der Waals surface area contributed by atoms with Crippen LogP contribution in [-0.4, -0.2) is 68.3 Å². The first-order valence-electron chi connectivity index (χ1n) is 21.7. The van der Waals surface area contributed by atoms with Gasteiger partial charge in [-0.25, -0.2) is 0 Å². The quantitative estimate of drug-likeness (QED) is 0.116. The number of hydrogen-bond acceptors (Lipinski definition) is 11. The Labute approximate surface area is 379 Å². The van der Waals surface area contributed by atoms with Crippen LogP contribution in [-0.2, 0) is 5.60 Å². The molecule has 0 bridgehead atoms. The van der Waals surface area contributed by atoms with E-state index in [0.717, 1.165) is 78.4 Å². The number of thiophene rings is 2. The Hall–Kier alpha value is -5.50. The minimum Gasteiger partial charge on any atom is -0.493 e. The third-order valence-corrected chi connectivity index (χ3v) is 13.7. The SMILES string of the molecule is C/C(=C\C(C)C)c1ccnc2c(N(C)C)c(C(=O)N[C@H]3CCOc4ccccc43)sc12.CC(C)CC(C)(O)c1ccnc2c(N(C)C)c(C(=O)N[C@H]3CCOc4ccccc43)sc12. The summed E-state index contributed by atoms with van der Waals surface area (Å²) in [7, 11) is 7.77. The summed E-state index contributed by atoms with van der Waals surface area (Å²) in [4.78, 5) is 41.4. The van der Waals surface area contributed by atoms with Gasteiger partial charge in [0.2, 0.25) is 0 Å². The number of rotatable bonds is 11. The van der Waals surface area contributed by atoms with Gasteiger partial charge in [0.25, 0.3) is 11.8 Å². The van der Waals surface area contributed by atoms with Crippen LogP contribution in [0.3, 0.4) is 0 Å². The first-order valence-corrected chi connectivity index (χ1v) is 23.3. The van der Waals surface area contributed by atoms with Crippen molar-refractivity contribution in [3.8, 4) is 11.5 Å². The zero-order chi connectivity index (χ0) is 45.2. The topological polar surface area (TPSA) is 129 Å². The van der Waals surface area contributed by atoms with E-state index < -0.39 is 5.60 Å². The fourth-order valence-electron chi connectivity index (χ4n) is 8.75. The summed E-state index contributed by atoms with van der Waals surface area (Å²) in [6.45, 7) is 13.7. The summed E-state index contributed by atoms with van der Waals surface area (Å²) in [5, 5.41) is 17.7. The first-order chi connectivity index (χ1) is 30.0. The molecule has 4 aromatic heterocycles. The number of aliphatic hydroxyl groups is 1. The fourth-order valence-corrected chi connectivity index (χ4v) is 11.4. The number of pyridine rings is 2. The van der Waals surface area contributed by atoms with Crippen LogP contribution < -0.4 is 29.9 Å². The van der Waals surface area contributed by atoms with Gasteiger partial charge in [0.1, 0.15) is 32.3 Å². The molecule has 3 N–H and O–H groups in total. The van der Waals surface area contributed by atoms with Gasteiger partial charge in [0, 0.05) is 70.1 Å². The molecule has 0 spiro atoms. The van der Waals surface area contributed by atoms with Crippen LogP contribution in [0.25, 0.3) is 26.0 Å². The van der Waals surface area contributed by atoms with Crippen LogP contribution in [0.2, 0.25) is 0 Å². The summed E-state index contributed by atoms with van der Waals surface area (Å²) >= 11 is 2.93. The number of carbonyl (C=O) groups is 2. The highest BCUT2D eigenvalue weighted by Crippen LogP contribution is 2.44. The number of fused-ring (bicyclic) bond motifs is 4. The number of anilines is 2. The van der Waals surface area contributed by atoms with E-state index >= 15 is 0 Å². The second-order valence-corrected chi connectivity index (χ2v) is 19.8. The van der Waals surface area contributed by atoms with Crippen LogP contribution in [0.4, 0.5) is 11.4 Å². The molecule has 0 radical (unpaired) electrons. The Morgan fingerprint density at radius 1 is 0.778 bits per heavy atom. The van der Waals surface area contributed by atoms with Crippen LogP contribution in [0.1, 0.15) is 114 Å². The van der Waals surface area contributed by atoms with E-state index in [4.69, 9.17) is 9.47 Å². The summed E-state index contributed by atoms with van der Waals surface area (Å²) < 4.78 is 13.4. The van der Waals surface area contributed by atoms with Gasteiger partial charge in [-0.15, -0.1) is 22.7 Å². The molecule has 0 aliphatic carbocycles. The molecule has 63 heavy (non-hydrogen) atoms. The first kappa shape index (κ1) is 45.5. The van der Waals surface area contributed by atoms with E-state index in [1.807, 2.05) is 112 Å². The normalized spacial score (nSPS) is 16.9. The van der Waals surface area contributed by atoms with Crippen molar-refractivity contribution >= 4 is 71.9 Å². The summed E-state index contributed by atoms with van der Waals surface area (Å²) in [5.74, 6) is 2.26. The number of hydrogen-bond donors (Lipinski definition) is 3. The molecular formula is C50H60N6O5S2. The maximum Gasteiger partial charge on any atom is 0.264 e. The number of carbonyl (C=O) groups excluding carboxylic acids is 2. The Bertz CT molecular complexity index is 2640. The summed E-state index contributed by atoms with van der Waals surface area (Å²) in [6, 6.07) is 19.5. The minimum absolute atomic E-state index is 0.0623. The van der Waals surface area contributed by atoms with Crippen LogP contribution >= 0.6 is 22.7 Å².